The monoisotopic (exact) mass is 311 g/mol. The molecule has 0 unspecified atom stereocenters. The van der Waals surface area contributed by atoms with Crippen molar-refractivity contribution >= 4 is 11.8 Å². The van der Waals surface area contributed by atoms with Crippen molar-refractivity contribution in [3.05, 3.63) is 59.4 Å². The summed E-state index contributed by atoms with van der Waals surface area (Å²) >= 11 is 1.03. The lowest BCUT2D eigenvalue weighted by Gasteiger charge is -2.11. The van der Waals surface area contributed by atoms with Gasteiger partial charge in [0.25, 0.3) is 0 Å². The summed E-state index contributed by atoms with van der Waals surface area (Å²) in [5.41, 5.74) is 0.472. The first-order chi connectivity index (χ1) is 10.1. The maximum Gasteiger partial charge on any atom is 0.137 e. The second kappa shape index (κ2) is 7.52. The molecular formula is C16H16F3NS. The Labute approximate surface area is 126 Å². The van der Waals surface area contributed by atoms with Gasteiger partial charge in [-0.2, -0.15) is 0 Å². The average Bonchev–Trinajstić information content (AvgIpc) is 2.46. The molecule has 0 aliphatic heterocycles. The van der Waals surface area contributed by atoms with Crippen LogP contribution in [0.15, 0.2) is 46.2 Å². The third-order valence-electron chi connectivity index (χ3n) is 2.92. The molecular weight excluding hydrogens is 295 g/mol. The van der Waals surface area contributed by atoms with E-state index in [0.29, 0.717) is 17.0 Å². The highest BCUT2D eigenvalue weighted by atomic mass is 32.2. The fourth-order valence-corrected chi connectivity index (χ4v) is 2.88. The lowest BCUT2D eigenvalue weighted by atomic mass is 10.2. The van der Waals surface area contributed by atoms with Crippen LogP contribution < -0.4 is 5.32 Å². The van der Waals surface area contributed by atoms with Gasteiger partial charge < -0.3 is 5.32 Å². The molecule has 0 heterocycles. The number of halogens is 3. The number of hydrogen-bond donors (Lipinski definition) is 1. The van der Waals surface area contributed by atoms with Crippen molar-refractivity contribution in [2.24, 2.45) is 0 Å². The topological polar surface area (TPSA) is 12.0 Å². The van der Waals surface area contributed by atoms with Gasteiger partial charge in [0.1, 0.15) is 17.5 Å². The number of rotatable bonds is 6. The Bertz CT molecular complexity index is 616. The van der Waals surface area contributed by atoms with Crippen LogP contribution in [-0.2, 0) is 6.54 Å². The summed E-state index contributed by atoms with van der Waals surface area (Å²) in [6, 6.07) is 7.91. The van der Waals surface area contributed by atoms with Gasteiger partial charge in [0.05, 0.1) is 4.90 Å². The second-order valence-corrected chi connectivity index (χ2v) is 5.65. The zero-order valence-corrected chi connectivity index (χ0v) is 12.4. The van der Waals surface area contributed by atoms with Crippen LogP contribution >= 0.6 is 11.8 Å². The van der Waals surface area contributed by atoms with E-state index < -0.39 is 11.6 Å². The van der Waals surface area contributed by atoms with Gasteiger partial charge in [0.15, 0.2) is 0 Å². The molecule has 2 rings (SSSR count). The molecule has 1 N–H and O–H groups in total. The van der Waals surface area contributed by atoms with E-state index in [1.54, 1.807) is 12.1 Å². The molecule has 0 spiro atoms. The number of benzene rings is 2. The number of nitrogens with one attached hydrogen (secondary N) is 1. The minimum absolute atomic E-state index is 0.150. The molecule has 2 aromatic rings. The molecule has 0 amide bonds. The van der Waals surface area contributed by atoms with E-state index in [1.165, 1.54) is 6.07 Å². The highest BCUT2D eigenvalue weighted by Crippen LogP contribution is 2.33. The summed E-state index contributed by atoms with van der Waals surface area (Å²) in [5, 5.41) is 3.12. The summed E-state index contributed by atoms with van der Waals surface area (Å²) in [6.07, 6.45) is 0.940. The van der Waals surface area contributed by atoms with Crippen LogP contribution in [0.2, 0.25) is 0 Å². The largest absolute Gasteiger partial charge is 0.313 e. The first kappa shape index (κ1) is 15.9. The highest BCUT2D eigenvalue weighted by Gasteiger charge is 2.12. The fourth-order valence-electron chi connectivity index (χ4n) is 1.87. The van der Waals surface area contributed by atoms with Crippen LogP contribution in [0.25, 0.3) is 0 Å². The molecule has 2 aromatic carbocycles. The van der Waals surface area contributed by atoms with Gasteiger partial charge in [-0.3, -0.25) is 0 Å². The Balaban J connectivity index is 2.26. The minimum Gasteiger partial charge on any atom is -0.313 e. The molecule has 0 aliphatic carbocycles. The summed E-state index contributed by atoms with van der Waals surface area (Å²) < 4.78 is 40.8. The lowest BCUT2D eigenvalue weighted by molar-refractivity contribution is 0.574. The van der Waals surface area contributed by atoms with Gasteiger partial charge >= 0.3 is 0 Å². The Morgan fingerprint density at radius 3 is 2.57 bits per heavy atom. The molecule has 1 nitrogen and oxygen atoms in total. The molecule has 112 valence electrons. The smallest absolute Gasteiger partial charge is 0.137 e. The molecule has 0 aliphatic rings. The van der Waals surface area contributed by atoms with Crippen molar-refractivity contribution in [3.8, 4) is 0 Å². The molecule has 5 heteroatoms. The molecule has 0 aromatic heterocycles. The highest BCUT2D eigenvalue weighted by molar-refractivity contribution is 7.99. The molecule has 0 bridgehead atoms. The van der Waals surface area contributed by atoms with Crippen molar-refractivity contribution in [2.45, 2.75) is 29.7 Å². The Kier molecular flexibility index (Phi) is 5.70. The van der Waals surface area contributed by atoms with Crippen molar-refractivity contribution in [2.75, 3.05) is 6.54 Å². The van der Waals surface area contributed by atoms with E-state index in [0.717, 1.165) is 42.9 Å². The quantitative estimate of drug-likeness (QED) is 0.772. The van der Waals surface area contributed by atoms with Gasteiger partial charge in [0.2, 0.25) is 0 Å². The van der Waals surface area contributed by atoms with Gasteiger partial charge in [-0.1, -0.05) is 24.8 Å². The Hall–Kier alpha value is -1.46. The summed E-state index contributed by atoms with van der Waals surface area (Å²) in [5.74, 6) is -1.38. The Morgan fingerprint density at radius 1 is 1.00 bits per heavy atom. The summed E-state index contributed by atoms with van der Waals surface area (Å²) in [4.78, 5) is 0.737. The van der Waals surface area contributed by atoms with Crippen LogP contribution in [-0.4, -0.2) is 6.54 Å². The van der Waals surface area contributed by atoms with E-state index in [1.807, 2.05) is 6.92 Å². The predicted molar refractivity (Wildman–Crippen MR) is 78.9 cm³/mol. The van der Waals surface area contributed by atoms with Gasteiger partial charge in [-0.25, -0.2) is 13.2 Å². The first-order valence-electron chi connectivity index (χ1n) is 6.73. The fraction of sp³-hybridized carbons (Fsp3) is 0.250. The Morgan fingerprint density at radius 2 is 1.81 bits per heavy atom. The van der Waals surface area contributed by atoms with E-state index >= 15 is 0 Å². The maximum absolute atomic E-state index is 13.9. The molecule has 0 saturated carbocycles. The SMILES string of the molecule is CCCNCc1c(F)cccc1Sc1cc(F)ccc1F. The summed E-state index contributed by atoms with van der Waals surface area (Å²) in [6.45, 7) is 3.15. The van der Waals surface area contributed by atoms with Crippen LogP contribution in [0.3, 0.4) is 0 Å². The molecule has 0 fully saturated rings. The zero-order chi connectivity index (χ0) is 15.2. The van der Waals surface area contributed by atoms with E-state index in [2.05, 4.69) is 5.32 Å². The van der Waals surface area contributed by atoms with Crippen molar-refractivity contribution in [3.63, 3.8) is 0 Å². The van der Waals surface area contributed by atoms with Crippen LogP contribution in [0.5, 0.6) is 0 Å². The average molecular weight is 311 g/mol. The van der Waals surface area contributed by atoms with E-state index in [9.17, 15) is 13.2 Å². The standard InChI is InChI=1S/C16H16F3NS/c1-2-8-20-10-12-13(18)4-3-5-15(12)21-16-9-11(17)6-7-14(16)19/h3-7,9,20H,2,8,10H2,1H3. The zero-order valence-electron chi connectivity index (χ0n) is 11.6. The molecule has 21 heavy (non-hydrogen) atoms. The van der Waals surface area contributed by atoms with Crippen LogP contribution in [0, 0.1) is 17.5 Å². The first-order valence-corrected chi connectivity index (χ1v) is 7.54. The van der Waals surface area contributed by atoms with Gasteiger partial charge in [0, 0.05) is 17.0 Å². The van der Waals surface area contributed by atoms with Gasteiger partial charge in [-0.05, 0) is 43.3 Å². The molecule has 0 saturated heterocycles. The predicted octanol–water partition coefficient (Wildman–Crippen LogP) is 4.75. The number of hydrogen-bond acceptors (Lipinski definition) is 2. The van der Waals surface area contributed by atoms with E-state index in [4.69, 9.17) is 0 Å². The minimum atomic E-state index is -0.516. The third-order valence-corrected chi connectivity index (χ3v) is 4.05. The van der Waals surface area contributed by atoms with Crippen molar-refractivity contribution < 1.29 is 13.2 Å². The molecule has 0 radical (unpaired) electrons. The van der Waals surface area contributed by atoms with Crippen LogP contribution in [0.4, 0.5) is 13.2 Å². The normalized spacial score (nSPS) is 10.9. The lowest BCUT2D eigenvalue weighted by Crippen LogP contribution is -2.15. The van der Waals surface area contributed by atoms with Crippen molar-refractivity contribution in [1.82, 2.24) is 5.32 Å². The van der Waals surface area contributed by atoms with Crippen LogP contribution in [0.1, 0.15) is 18.9 Å². The van der Waals surface area contributed by atoms with E-state index in [-0.39, 0.29) is 10.7 Å². The second-order valence-electron chi connectivity index (χ2n) is 4.57. The van der Waals surface area contributed by atoms with Gasteiger partial charge in [-0.15, -0.1) is 0 Å². The third kappa shape index (κ3) is 4.25. The maximum atomic E-state index is 13.9. The van der Waals surface area contributed by atoms with Crippen molar-refractivity contribution in [1.29, 1.82) is 0 Å². The summed E-state index contributed by atoms with van der Waals surface area (Å²) in [7, 11) is 0. The molecule has 0 atom stereocenters.